The minimum atomic E-state index is 0.685. The molecular formula is C8H15N. The molecule has 0 aromatic rings. The molecule has 0 fully saturated rings. The quantitative estimate of drug-likeness (QED) is 0.509. The van der Waals surface area contributed by atoms with E-state index in [0.717, 1.165) is 6.54 Å². The van der Waals surface area contributed by atoms with Crippen LogP contribution in [0, 0.1) is 5.92 Å². The van der Waals surface area contributed by atoms with Crippen molar-refractivity contribution in [2.45, 2.75) is 33.1 Å². The molecule has 0 saturated carbocycles. The molecule has 0 spiro atoms. The van der Waals surface area contributed by atoms with Gasteiger partial charge in [0.25, 0.3) is 0 Å². The lowest BCUT2D eigenvalue weighted by molar-refractivity contribution is 0.696. The fourth-order valence-corrected chi connectivity index (χ4v) is 1.19. The zero-order chi connectivity index (χ0) is 6.69. The first-order valence-electron chi connectivity index (χ1n) is 3.84. The maximum absolute atomic E-state index is 4.45. The van der Waals surface area contributed by atoms with Crippen molar-refractivity contribution in [2.24, 2.45) is 10.9 Å². The van der Waals surface area contributed by atoms with Crippen LogP contribution in [-0.4, -0.2) is 12.3 Å². The summed E-state index contributed by atoms with van der Waals surface area (Å²) in [6, 6.07) is 0. The molecule has 0 N–H and O–H groups in total. The van der Waals surface area contributed by atoms with Crippen molar-refractivity contribution >= 4 is 5.71 Å². The molecule has 0 bridgehead atoms. The van der Waals surface area contributed by atoms with E-state index in [4.69, 9.17) is 0 Å². The zero-order valence-electron chi connectivity index (χ0n) is 6.35. The first kappa shape index (κ1) is 6.79. The fraction of sp³-hybridized carbons (Fsp3) is 0.875. The van der Waals surface area contributed by atoms with E-state index in [2.05, 4.69) is 18.8 Å². The van der Waals surface area contributed by atoms with Crippen LogP contribution in [-0.2, 0) is 0 Å². The molecule has 1 heterocycles. The molecule has 1 heteroatoms. The van der Waals surface area contributed by atoms with E-state index in [9.17, 15) is 0 Å². The lowest BCUT2D eigenvalue weighted by atomic mass is 10.00. The molecule has 52 valence electrons. The van der Waals surface area contributed by atoms with Crippen molar-refractivity contribution < 1.29 is 0 Å². The number of hydrogen-bond donors (Lipinski definition) is 0. The van der Waals surface area contributed by atoms with Gasteiger partial charge in [-0.3, -0.25) is 4.99 Å². The molecule has 1 rings (SSSR count). The van der Waals surface area contributed by atoms with Crippen molar-refractivity contribution in [1.82, 2.24) is 0 Å². The third kappa shape index (κ3) is 1.81. The molecule has 0 unspecified atom stereocenters. The monoisotopic (exact) mass is 125 g/mol. The number of hydrogen-bond acceptors (Lipinski definition) is 1. The van der Waals surface area contributed by atoms with Gasteiger partial charge < -0.3 is 0 Å². The second kappa shape index (κ2) is 3.00. The van der Waals surface area contributed by atoms with E-state index in [1.807, 2.05) is 0 Å². The standard InChI is InChI=1S/C8H15N/c1-7(2)8-5-3-4-6-9-8/h7H,3-6H2,1-2H3. The molecule has 1 aliphatic heterocycles. The van der Waals surface area contributed by atoms with Gasteiger partial charge in [0.15, 0.2) is 0 Å². The maximum Gasteiger partial charge on any atom is 0.0388 e. The summed E-state index contributed by atoms with van der Waals surface area (Å²) in [6.07, 6.45) is 3.91. The fourth-order valence-electron chi connectivity index (χ4n) is 1.19. The van der Waals surface area contributed by atoms with Crippen molar-refractivity contribution in [1.29, 1.82) is 0 Å². The predicted molar refractivity (Wildman–Crippen MR) is 41.0 cm³/mol. The Balaban J connectivity index is 2.46. The normalized spacial score (nSPS) is 20.1. The average molecular weight is 125 g/mol. The lowest BCUT2D eigenvalue weighted by Gasteiger charge is -2.13. The second-order valence-corrected chi connectivity index (χ2v) is 2.98. The Kier molecular flexibility index (Phi) is 2.26. The van der Waals surface area contributed by atoms with E-state index in [0.29, 0.717) is 5.92 Å². The van der Waals surface area contributed by atoms with Gasteiger partial charge in [-0.2, -0.15) is 0 Å². The molecule has 9 heavy (non-hydrogen) atoms. The van der Waals surface area contributed by atoms with Gasteiger partial charge in [-0.25, -0.2) is 0 Å². The Hall–Kier alpha value is -0.330. The van der Waals surface area contributed by atoms with Gasteiger partial charge in [0.1, 0.15) is 0 Å². The summed E-state index contributed by atoms with van der Waals surface area (Å²) < 4.78 is 0. The summed E-state index contributed by atoms with van der Waals surface area (Å²) in [7, 11) is 0. The molecular weight excluding hydrogens is 110 g/mol. The lowest BCUT2D eigenvalue weighted by Crippen LogP contribution is -2.12. The highest BCUT2D eigenvalue weighted by atomic mass is 14.7. The number of aliphatic imine (C=N–C) groups is 1. The van der Waals surface area contributed by atoms with Crippen molar-refractivity contribution in [3.8, 4) is 0 Å². The molecule has 0 radical (unpaired) electrons. The zero-order valence-corrected chi connectivity index (χ0v) is 6.35. The van der Waals surface area contributed by atoms with E-state index >= 15 is 0 Å². The molecule has 0 atom stereocenters. The van der Waals surface area contributed by atoms with Crippen LogP contribution < -0.4 is 0 Å². The first-order valence-corrected chi connectivity index (χ1v) is 3.84. The van der Waals surface area contributed by atoms with Gasteiger partial charge in [0, 0.05) is 12.3 Å². The van der Waals surface area contributed by atoms with Gasteiger partial charge in [-0.15, -0.1) is 0 Å². The van der Waals surface area contributed by atoms with Crippen LogP contribution >= 0.6 is 0 Å². The van der Waals surface area contributed by atoms with E-state index in [1.165, 1.54) is 25.0 Å². The van der Waals surface area contributed by atoms with Gasteiger partial charge in [-0.1, -0.05) is 13.8 Å². The number of rotatable bonds is 1. The Bertz CT molecular complexity index is 114. The van der Waals surface area contributed by atoms with Crippen LogP contribution in [0.3, 0.4) is 0 Å². The summed E-state index contributed by atoms with van der Waals surface area (Å²) in [6.45, 7) is 5.53. The predicted octanol–water partition coefficient (Wildman–Crippen LogP) is 2.27. The Morgan fingerprint density at radius 3 is 2.44 bits per heavy atom. The highest BCUT2D eigenvalue weighted by Crippen LogP contribution is 2.11. The summed E-state index contributed by atoms with van der Waals surface area (Å²) >= 11 is 0. The molecule has 0 saturated heterocycles. The molecule has 0 aromatic heterocycles. The highest BCUT2D eigenvalue weighted by molar-refractivity contribution is 5.86. The molecule has 0 aliphatic carbocycles. The highest BCUT2D eigenvalue weighted by Gasteiger charge is 2.07. The van der Waals surface area contributed by atoms with Crippen LogP contribution in [0.5, 0.6) is 0 Å². The van der Waals surface area contributed by atoms with Gasteiger partial charge in [0.05, 0.1) is 0 Å². The molecule has 1 aliphatic rings. The van der Waals surface area contributed by atoms with Crippen molar-refractivity contribution in [3.05, 3.63) is 0 Å². The Morgan fingerprint density at radius 2 is 2.11 bits per heavy atom. The van der Waals surface area contributed by atoms with Crippen LogP contribution in [0.1, 0.15) is 33.1 Å². The van der Waals surface area contributed by atoms with Crippen molar-refractivity contribution in [2.75, 3.05) is 6.54 Å². The van der Waals surface area contributed by atoms with E-state index < -0.39 is 0 Å². The van der Waals surface area contributed by atoms with Gasteiger partial charge >= 0.3 is 0 Å². The summed E-state index contributed by atoms with van der Waals surface area (Å²) in [5.41, 5.74) is 1.43. The summed E-state index contributed by atoms with van der Waals surface area (Å²) in [5, 5.41) is 0. The summed E-state index contributed by atoms with van der Waals surface area (Å²) in [4.78, 5) is 4.45. The minimum Gasteiger partial charge on any atom is -0.294 e. The Morgan fingerprint density at radius 1 is 1.33 bits per heavy atom. The third-order valence-electron chi connectivity index (χ3n) is 1.82. The summed E-state index contributed by atoms with van der Waals surface area (Å²) in [5.74, 6) is 0.685. The van der Waals surface area contributed by atoms with E-state index in [-0.39, 0.29) is 0 Å². The SMILES string of the molecule is CC(C)C1=NCCCC1. The number of nitrogens with zero attached hydrogens (tertiary/aromatic N) is 1. The second-order valence-electron chi connectivity index (χ2n) is 2.98. The topological polar surface area (TPSA) is 12.4 Å². The average Bonchev–Trinajstić information content (AvgIpc) is 1.90. The van der Waals surface area contributed by atoms with Crippen molar-refractivity contribution in [3.63, 3.8) is 0 Å². The molecule has 0 amide bonds. The van der Waals surface area contributed by atoms with Gasteiger partial charge in [-0.05, 0) is 25.2 Å². The largest absolute Gasteiger partial charge is 0.294 e. The molecule has 0 aromatic carbocycles. The van der Waals surface area contributed by atoms with Crippen LogP contribution in [0.2, 0.25) is 0 Å². The third-order valence-corrected chi connectivity index (χ3v) is 1.82. The molecule has 1 nitrogen and oxygen atoms in total. The Labute approximate surface area is 57.2 Å². The minimum absolute atomic E-state index is 0.685. The van der Waals surface area contributed by atoms with Crippen LogP contribution in [0.4, 0.5) is 0 Å². The van der Waals surface area contributed by atoms with Crippen LogP contribution in [0.25, 0.3) is 0 Å². The van der Waals surface area contributed by atoms with Gasteiger partial charge in [0.2, 0.25) is 0 Å². The maximum atomic E-state index is 4.45. The van der Waals surface area contributed by atoms with E-state index in [1.54, 1.807) is 0 Å². The smallest absolute Gasteiger partial charge is 0.0388 e. The van der Waals surface area contributed by atoms with Crippen LogP contribution in [0.15, 0.2) is 4.99 Å². The first-order chi connectivity index (χ1) is 4.30.